The Morgan fingerprint density at radius 3 is 2.79 bits per heavy atom. The Kier molecular flexibility index (Phi) is 6.01. The monoisotopic (exact) mass is 325 g/mol. The van der Waals surface area contributed by atoms with Gasteiger partial charge in [0.15, 0.2) is 5.78 Å². The van der Waals surface area contributed by atoms with Gasteiger partial charge in [-0.2, -0.15) is 0 Å². The molecule has 1 aliphatic rings. The fraction of sp³-hybridized carbons (Fsp3) is 0.533. The highest BCUT2D eigenvalue weighted by Gasteiger charge is 2.10. The van der Waals surface area contributed by atoms with Gasteiger partial charge in [0.25, 0.3) is 0 Å². The molecule has 0 spiro atoms. The van der Waals surface area contributed by atoms with E-state index in [4.69, 9.17) is 4.74 Å². The number of benzene rings is 1. The molecule has 4 heteroatoms. The lowest BCUT2D eigenvalue weighted by Crippen LogP contribution is -2.27. The van der Waals surface area contributed by atoms with Gasteiger partial charge in [-0.15, -0.1) is 0 Å². The lowest BCUT2D eigenvalue weighted by atomic mass is 10.1. The van der Waals surface area contributed by atoms with Gasteiger partial charge >= 0.3 is 0 Å². The van der Waals surface area contributed by atoms with Gasteiger partial charge in [0.05, 0.1) is 6.61 Å². The molecule has 2 rings (SSSR count). The van der Waals surface area contributed by atoms with Gasteiger partial charge in [-0.25, -0.2) is 0 Å². The third kappa shape index (κ3) is 5.05. The Morgan fingerprint density at radius 2 is 2.00 bits per heavy atom. The summed E-state index contributed by atoms with van der Waals surface area (Å²) in [6.07, 6.45) is 2.65. The molecule has 19 heavy (non-hydrogen) atoms. The van der Waals surface area contributed by atoms with Crippen LogP contribution >= 0.6 is 15.9 Å². The number of ether oxygens (including phenoxy) is 1. The van der Waals surface area contributed by atoms with E-state index in [1.165, 1.54) is 0 Å². The topological polar surface area (TPSA) is 29.5 Å². The summed E-state index contributed by atoms with van der Waals surface area (Å²) in [7, 11) is 0. The van der Waals surface area contributed by atoms with E-state index in [1.807, 2.05) is 24.3 Å². The number of hydrogen-bond donors (Lipinski definition) is 0. The minimum Gasteiger partial charge on any atom is -0.380 e. The molecule has 104 valence electrons. The van der Waals surface area contributed by atoms with Crippen molar-refractivity contribution in [3.8, 4) is 0 Å². The number of ketones is 1. The second kappa shape index (κ2) is 7.78. The quantitative estimate of drug-likeness (QED) is 0.779. The van der Waals surface area contributed by atoms with Crippen LogP contribution in [0.4, 0.5) is 0 Å². The van der Waals surface area contributed by atoms with E-state index in [9.17, 15) is 4.79 Å². The maximum atomic E-state index is 12.0. The smallest absolute Gasteiger partial charge is 0.162 e. The Hall–Kier alpha value is -0.710. The maximum Gasteiger partial charge on any atom is 0.162 e. The minimum atomic E-state index is 0.235. The second-order valence-corrected chi connectivity index (χ2v) is 5.76. The van der Waals surface area contributed by atoms with Gasteiger partial charge < -0.3 is 9.64 Å². The van der Waals surface area contributed by atoms with E-state index in [1.54, 1.807) is 0 Å². The van der Waals surface area contributed by atoms with Crippen LogP contribution in [0, 0.1) is 0 Å². The summed E-state index contributed by atoms with van der Waals surface area (Å²) in [6.45, 7) is 4.76. The van der Waals surface area contributed by atoms with Crippen LogP contribution in [0.15, 0.2) is 28.7 Å². The third-order valence-electron chi connectivity index (χ3n) is 3.36. The molecule has 1 aliphatic heterocycles. The van der Waals surface area contributed by atoms with Crippen molar-refractivity contribution in [3.05, 3.63) is 34.3 Å². The molecule has 0 N–H and O–H groups in total. The van der Waals surface area contributed by atoms with E-state index in [0.29, 0.717) is 6.42 Å². The van der Waals surface area contributed by atoms with Crippen LogP contribution in [-0.4, -0.2) is 43.5 Å². The molecule has 1 heterocycles. The summed E-state index contributed by atoms with van der Waals surface area (Å²) in [5, 5.41) is 0. The van der Waals surface area contributed by atoms with Gasteiger partial charge in [0, 0.05) is 36.2 Å². The van der Waals surface area contributed by atoms with Crippen LogP contribution in [0.5, 0.6) is 0 Å². The first kappa shape index (κ1) is 14.7. The van der Waals surface area contributed by atoms with Crippen molar-refractivity contribution in [2.75, 3.05) is 32.8 Å². The van der Waals surface area contributed by atoms with Crippen LogP contribution in [0.2, 0.25) is 0 Å². The van der Waals surface area contributed by atoms with Gasteiger partial charge in [0.1, 0.15) is 0 Å². The van der Waals surface area contributed by atoms with E-state index in [2.05, 4.69) is 20.8 Å². The van der Waals surface area contributed by atoms with Crippen molar-refractivity contribution in [3.63, 3.8) is 0 Å². The Labute approximate surface area is 123 Å². The SMILES string of the molecule is O=C(CCCN1CCCOCC1)c1ccc(Br)cc1. The van der Waals surface area contributed by atoms with Crippen molar-refractivity contribution in [2.24, 2.45) is 0 Å². The van der Waals surface area contributed by atoms with Crippen molar-refractivity contribution in [2.45, 2.75) is 19.3 Å². The number of Topliss-reactive ketones (excluding diaryl/α,β-unsaturated/α-hetero) is 1. The zero-order valence-electron chi connectivity index (χ0n) is 11.1. The predicted octanol–water partition coefficient (Wildman–Crippen LogP) is 3.13. The summed E-state index contributed by atoms with van der Waals surface area (Å²) < 4.78 is 6.43. The van der Waals surface area contributed by atoms with Crippen LogP contribution < -0.4 is 0 Å². The first-order valence-electron chi connectivity index (χ1n) is 6.84. The normalized spacial score (nSPS) is 17.1. The molecule has 0 amide bonds. The number of halogens is 1. The largest absolute Gasteiger partial charge is 0.380 e. The van der Waals surface area contributed by atoms with Crippen molar-refractivity contribution < 1.29 is 9.53 Å². The average Bonchev–Trinajstić information content (AvgIpc) is 2.68. The molecule has 0 saturated carbocycles. The fourth-order valence-corrected chi connectivity index (χ4v) is 2.53. The Morgan fingerprint density at radius 1 is 1.21 bits per heavy atom. The molecule has 0 unspecified atom stereocenters. The molecule has 0 aliphatic carbocycles. The number of carbonyl (C=O) groups excluding carboxylic acids is 1. The molecular weight excluding hydrogens is 306 g/mol. The lowest BCUT2D eigenvalue weighted by Gasteiger charge is -2.18. The van der Waals surface area contributed by atoms with E-state index in [-0.39, 0.29) is 5.78 Å². The van der Waals surface area contributed by atoms with Crippen molar-refractivity contribution in [1.82, 2.24) is 4.90 Å². The molecule has 1 aromatic rings. The summed E-state index contributed by atoms with van der Waals surface area (Å²) in [5.41, 5.74) is 0.808. The standard InChI is InChI=1S/C15H20BrNO2/c16-14-6-4-13(5-7-14)15(18)3-1-8-17-9-2-11-19-12-10-17/h4-7H,1-3,8-12H2. The molecule has 1 saturated heterocycles. The van der Waals surface area contributed by atoms with Crippen LogP contribution in [0.3, 0.4) is 0 Å². The molecule has 1 aromatic carbocycles. The second-order valence-electron chi connectivity index (χ2n) is 4.84. The molecule has 0 atom stereocenters. The summed E-state index contributed by atoms with van der Waals surface area (Å²) in [5.74, 6) is 0.235. The highest BCUT2D eigenvalue weighted by atomic mass is 79.9. The Bertz CT molecular complexity index is 397. The Balaban J connectivity index is 1.72. The van der Waals surface area contributed by atoms with E-state index >= 15 is 0 Å². The summed E-state index contributed by atoms with van der Waals surface area (Å²) in [4.78, 5) is 14.4. The zero-order chi connectivity index (χ0) is 13.5. The highest BCUT2D eigenvalue weighted by molar-refractivity contribution is 9.10. The first-order valence-corrected chi connectivity index (χ1v) is 7.64. The maximum absolute atomic E-state index is 12.0. The summed E-state index contributed by atoms with van der Waals surface area (Å²) in [6, 6.07) is 7.59. The fourth-order valence-electron chi connectivity index (χ4n) is 2.26. The van der Waals surface area contributed by atoms with E-state index < -0.39 is 0 Å². The van der Waals surface area contributed by atoms with Crippen LogP contribution in [0.1, 0.15) is 29.6 Å². The number of rotatable bonds is 5. The van der Waals surface area contributed by atoms with E-state index in [0.717, 1.165) is 55.7 Å². The zero-order valence-corrected chi connectivity index (χ0v) is 12.7. The van der Waals surface area contributed by atoms with Gasteiger partial charge in [-0.05, 0) is 31.5 Å². The molecule has 0 radical (unpaired) electrons. The molecule has 0 bridgehead atoms. The third-order valence-corrected chi connectivity index (χ3v) is 3.89. The minimum absolute atomic E-state index is 0.235. The molecule has 3 nitrogen and oxygen atoms in total. The summed E-state index contributed by atoms with van der Waals surface area (Å²) >= 11 is 3.38. The van der Waals surface area contributed by atoms with Crippen LogP contribution in [0.25, 0.3) is 0 Å². The number of carbonyl (C=O) groups is 1. The average molecular weight is 326 g/mol. The highest BCUT2D eigenvalue weighted by Crippen LogP contribution is 2.13. The van der Waals surface area contributed by atoms with Gasteiger partial charge in [-0.3, -0.25) is 4.79 Å². The van der Waals surface area contributed by atoms with Crippen molar-refractivity contribution >= 4 is 21.7 Å². The number of nitrogens with zero attached hydrogens (tertiary/aromatic N) is 1. The van der Waals surface area contributed by atoms with Crippen LogP contribution in [-0.2, 0) is 4.74 Å². The van der Waals surface area contributed by atoms with Gasteiger partial charge in [-0.1, -0.05) is 28.1 Å². The molecule has 0 aromatic heterocycles. The lowest BCUT2D eigenvalue weighted by molar-refractivity contribution is 0.0974. The number of hydrogen-bond acceptors (Lipinski definition) is 3. The molecule has 1 fully saturated rings. The molecular formula is C15H20BrNO2. The van der Waals surface area contributed by atoms with Crippen molar-refractivity contribution in [1.29, 1.82) is 0 Å². The predicted molar refractivity (Wildman–Crippen MR) is 79.6 cm³/mol. The van der Waals surface area contributed by atoms with Gasteiger partial charge in [0.2, 0.25) is 0 Å². The first-order chi connectivity index (χ1) is 9.25.